The highest BCUT2D eigenvalue weighted by molar-refractivity contribution is 7.99. The van der Waals surface area contributed by atoms with Gasteiger partial charge in [-0.15, -0.1) is 10.2 Å². The zero-order valence-electron chi connectivity index (χ0n) is 10.8. The van der Waals surface area contributed by atoms with E-state index in [0.29, 0.717) is 5.15 Å². The first-order valence-corrected chi connectivity index (χ1v) is 7.46. The van der Waals surface area contributed by atoms with E-state index in [1.54, 1.807) is 0 Å². The van der Waals surface area contributed by atoms with Crippen molar-refractivity contribution in [3.63, 3.8) is 0 Å². The molecule has 0 aromatic carbocycles. The number of fused-ring (bicyclic) bond motifs is 1. The standard InChI is InChI=1S/C13H12ClN5S/c1-2-5-9-11(14)15-8-16-12(9)20-13-18-17-10-6-3-4-7-19(10)13/h3-4,6-8H,2,5H2,1H3. The van der Waals surface area contributed by atoms with Crippen LogP contribution in [0.1, 0.15) is 18.9 Å². The first kappa shape index (κ1) is 13.3. The van der Waals surface area contributed by atoms with E-state index in [9.17, 15) is 0 Å². The van der Waals surface area contributed by atoms with Gasteiger partial charge in [-0.25, -0.2) is 9.97 Å². The van der Waals surface area contributed by atoms with Gasteiger partial charge >= 0.3 is 0 Å². The minimum absolute atomic E-state index is 0.512. The van der Waals surface area contributed by atoms with Crippen molar-refractivity contribution in [3.05, 3.63) is 41.4 Å². The highest BCUT2D eigenvalue weighted by atomic mass is 35.5. The average Bonchev–Trinajstić information content (AvgIpc) is 2.86. The molecule has 0 amide bonds. The van der Waals surface area contributed by atoms with E-state index in [1.165, 1.54) is 18.1 Å². The van der Waals surface area contributed by atoms with Gasteiger partial charge in [-0.2, -0.15) is 0 Å². The van der Waals surface area contributed by atoms with Crippen LogP contribution < -0.4 is 0 Å². The molecule has 3 aromatic heterocycles. The molecule has 0 atom stereocenters. The topological polar surface area (TPSA) is 56.0 Å². The summed E-state index contributed by atoms with van der Waals surface area (Å²) in [6, 6.07) is 5.79. The molecule has 0 unspecified atom stereocenters. The van der Waals surface area contributed by atoms with Gasteiger partial charge in [0.1, 0.15) is 16.5 Å². The Balaban J connectivity index is 2.01. The molecule has 0 saturated carbocycles. The van der Waals surface area contributed by atoms with E-state index in [1.807, 2.05) is 28.8 Å². The summed E-state index contributed by atoms with van der Waals surface area (Å²) in [6.45, 7) is 2.10. The van der Waals surface area contributed by atoms with Crippen LogP contribution in [-0.2, 0) is 6.42 Å². The van der Waals surface area contributed by atoms with Crippen LogP contribution in [-0.4, -0.2) is 24.6 Å². The number of hydrogen-bond donors (Lipinski definition) is 0. The molecule has 3 heterocycles. The Morgan fingerprint density at radius 1 is 1.25 bits per heavy atom. The first-order chi connectivity index (χ1) is 9.79. The molecular formula is C13H12ClN5S. The molecule has 0 aliphatic heterocycles. The lowest BCUT2D eigenvalue weighted by Gasteiger charge is -2.07. The molecule has 0 aliphatic rings. The van der Waals surface area contributed by atoms with Crippen LogP contribution in [0.15, 0.2) is 40.9 Å². The Hall–Kier alpha value is -1.66. The van der Waals surface area contributed by atoms with Crippen molar-refractivity contribution in [3.8, 4) is 0 Å². The molecule has 0 bridgehead atoms. The molecule has 3 rings (SSSR count). The van der Waals surface area contributed by atoms with Gasteiger partial charge in [0, 0.05) is 11.8 Å². The largest absolute Gasteiger partial charge is 0.277 e. The van der Waals surface area contributed by atoms with Gasteiger partial charge in [0.25, 0.3) is 0 Å². The van der Waals surface area contributed by atoms with Gasteiger partial charge < -0.3 is 0 Å². The highest BCUT2D eigenvalue weighted by Crippen LogP contribution is 2.30. The normalized spacial score (nSPS) is 11.1. The molecule has 102 valence electrons. The van der Waals surface area contributed by atoms with E-state index in [2.05, 4.69) is 27.1 Å². The highest BCUT2D eigenvalue weighted by Gasteiger charge is 2.14. The maximum Gasteiger partial charge on any atom is 0.201 e. The van der Waals surface area contributed by atoms with Crippen molar-refractivity contribution >= 4 is 29.0 Å². The van der Waals surface area contributed by atoms with Gasteiger partial charge in [-0.05, 0) is 30.3 Å². The summed E-state index contributed by atoms with van der Waals surface area (Å²) in [5, 5.41) is 10.4. The van der Waals surface area contributed by atoms with Gasteiger partial charge in [0.05, 0.1) is 0 Å². The zero-order chi connectivity index (χ0) is 13.9. The third-order valence-corrected chi connectivity index (χ3v) is 4.16. The van der Waals surface area contributed by atoms with Gasteiger partial charge in [0.2, 0.25) is 5.16 Å². The van der Waals surface area contributed by atoms with Crippen molar-refractivity contribution in [2.45, 2.75) is 29.9 Å². The molecule has 3 aromatic rings. The lowest BCUT2D eigenvalue weighted by atomic mass is 10.2. The molecule has 5 nitrogen and oxygen atoms in total. The summed E-state index contributed by atoms with van der Waals surface area (Å²) in [5.74, 6) is 0. The summed E-state index contributed by atoms with van der Waals surface area (Å²) in [7, 11) is 0. The van der Waals surface area contributed by atoms with Crippen LogP contribution in [0.5, 0.6) is 0 Å². The van der Waals surface area contributed by atoms with E-state index in [4.69, 9.17) is 11.6 Å². The number of nitrogens with zero attached hydrogens (tertiary/aromatic N) is 5. The number of halogens is 1. The van der Waals surface area contributed by atoms with Crippen LogP contribution in [0.3, 0.4) is 0 Å². The third-order valence-electron chi connectivity index (χ3n) is 2.82. The molecule has 0 N–H and O–H groups in total. The fourth-order valence-electron chi connectivity index (χ4n) is 1.90. The lowest BCUT2D eigenvalue weighted by molar-refractivity contribution is 0.849. The van der Waals surface area contributed by atoms with E-state index in [0.717, 1.165) is 34.2 Å². The van der Waals surface area contributed by atoms with E-state index >= 15 is 0 Å². The fourth-order valence-corrected chi connectivity index (χ4v) is 3.11. The SMILES string of the molecule is CCCc1c(Cl)ncnc1Sc1nnc2ccccn12. The third kappa shape index (κ3) is 2.48. The quantitative estimate of drug-likeness (QED) is 0.692. The second-order valence-corrected chi connectivity index (χ2v) is 5.53. The van der Waals surface area contributed by atoms with E-state index in [-0.39, 0.29) is 0 Å². The molecule has 0 fully saturated rings. The van der Waals surface area contributed by atoms with Gasteiger partial charge in [0.15, 0.2) is 5.65 Å². The minimum Gasteiger partial charge on any atom is -0.277 e. The van der Waals surface area contributed by atoms with Crippen molar-refractivity contribution in [2.75, 3.05) is 0 Å². The van der Waals surface area contributed by atoms with E-state index < -0.39 is 0 Å². The van der Waals surface area contributed by atoms with Crippen molar-refractivity contribution < 1.29 is 0 Å². The molecule has 0 radical (unpaired) electrons. The summed E-state index contributed by atoms with van der Waals surface area (Å²) in [6.07, 6.45) is 5.24. The monoisotopic (exact) mass is 305 g/mol. The Kier molecular flexibility index (Phi) is 3.84. The summed E-state index contributed by atoms with van der Waals surface area (Å²) >= 11 is 7.62. The summed E-state index contributed by atoms with van der Waals surface area (Å²) in [4.78, 5) is 8.37. The lowest BCUT2D eigenvalue weighted by Crippen LogP contribution is -1.96. The maximum absolute atomic E-state index is 6.16. The zero-order valence-corrected chi connectivity index (χ0v) is 12.4. The van der Waals surface area contributed by atoms with Crippen LogP contribution in [0, 0.1) is 0 Å². The minimum atomic E-state index is 0.512. The molecular weight excluding hydrogens is 294 g/mol. The van der Waals surface area contributed by atoms with Gasteiger partial charge in [-0.1, -0.05) is 31.0 Å². The number of aromatic nitrogens is 5. The van der Waals surface area contributed by atoms with Crippen LogP contribution in [0.4, 0.5) is 0 Å². The molecule has 7 heteroatoms. The summed E-state index contributed by atoms with van der Waals surface area (Å²) in [5.41, 5.74) is 1.78. The second-order valence-electron chi connectivity index (χ2n) is 4.21. The Bertz CT molecular complexity index is 742. The molecule has 0 aliphatic carbocycles. The Labute approximate surface area is 125 Å². The summed E-state index contributed by atoms with van der Waals surface area (Å²) < 4.78 is 1.93. The average molecular weight is 306 g/mol. The molecule has 0 spiro atoms. The maximum atomic E-state index is 6.16. The number of hydrogen-bond acceptors (Lipinski definition) is 5. The predicted molar refractivity (Wildman–Crippen MR) is 78.1 cm³/mol. The molecule has 0 saturated heterocycles. The van der Waals surface area contributed by atoms with Crippen LogP contribution >= 0.6 is 23.4 Å². The predicted octanol–water partition coefficient (Wildman–Crippen LogP) is 3.28. The first-order valence-electron chi connectivity index (χ1n) is 6.26. The number of pyridine rings is 1. The number of rotatable bonds is 4. The molecule has 20 heavy (non-hydrogen) atoms. The van der Waals surface area contributed by atoms with Crippen molar-refractivity contribution in [2.24, 2.45) is 0 Å². The second kappa shape index (κ2) is 5.76. The Morgan fingerprint density at radius 3 is 3.00 bits per heavy atom. The van der Waals surface area contributed by atoms with Crippen molar-refractivity contribution in [1.82, 2.24) is 24.6 Å². The van der Waals surface area contributed by atoms with Crippen LogP contribution in [0.2, 0.25) is 5.15 Å². The van der Waals surface area contributed by atoms with Crippen molar-refractivity contribution in [1.29, 1.82) is 0 Å². The van der Waals surface area contributed by atoms with Gasteiger partial charge in [-0.3, -0.25) is 4.40 Å². The fraction of sp³-hybridized carbons (Fsp3) is 0.231. The smallest absolute Gasteiger partial charge is 0.201 e. The Morgan fingerprint density at radius 2 is 2.15 bits per heavy atom. The van der Waals surface area contributed by atoms with Crippen LogP contribution in [0.25, 0.3) is 5.65 Å².